The van der Waals surface area contributed by atoms with Crippen LogP contribution in [0.5, 0.6) is 5.75 Å². The molecule has 0 saturated heterocycles. The van der Waals surface area contributed by atoms with Gasteiger partial charge in [-0.15, -0.1) is 0 Å². The van der Waals surface area contributed by atoms with Gasteiger partial charge in [0.15, 0.2) is 0 Å². The minimum absolute atomic E-state index is 0.0672. The number of hydrogen-bond acceptors (Lipinski definition) is 3. The van der Waals surface area contributed by atoms with Gasteiger partial charge in [0, 0.05) is 22.9 Å². The van der Waals surface area contributed by atoms with Crippen molar-refractivity contribution in [2.24, 2.45) is 0 Å². The van der Waals surface area contributed by atoms with Crippen LogP contribution in [0, 0.1) is 0 Å². The van der Waals surface area contributed by atoms with Gasteiger partial charge in [0.2, 0.25) is 0 Å². The van der Waals surface area contributed by atoms with Crippen molar-refractivity contribution >= 4 is 11.4 Å². The molecule has 0 radical (unpaired) electrons. The molecule has 3 rings (SSSR count). The minimum atomic E-state index is -0.0672. The van der Waals surface area contributed by atoms with Gasteiger partial charge in [0.1, 0.15) is 5.75 Å². The number of rotatable bonds is 3. The number of para-hydroxylation sites is 1. The SMILES string of the molecule is Nc1ccc(C(c2ccc(N)cc2)c2ccccc2O)cc1. The molecule has 3 aromatic carbocycles. The molecule has 3 aromatic rings. The van der Waals surface area contributed by atoms with Crippen molar-refractivity contribution in [1.82, 2.24) is 0 Å². The molecule has 0 aliphatic rings. The van der Waals surface area contributed by atoms with E-state index in [1.54, 1.807) is 6.07 Å². The maximum absolute atomic E-state index is 10.3. The van der Waals surface area contributed by atoms with E-state index < -0.39 is 0 Å². The van der Waals surface area contributed by atoms with Crippen LogP contribution in [0.15, 0.2) is 72.8 Å². The molecule has 22 heavy (non-hydrogen) atoms. The van der Waals surface area contributed by atoms with E-state index in [9.17, 15) is 5.11 Å². The lowest BCUT2D eigenvalue weighted by Gasteiger charge is -2.20. The fourth-order valence-electron chi connectivity index (χ4n) is 2.66. The van der Waals surface area contributed by atoms with Gasteiger partial charge >= 0.3 is 0 Å². The molecule has 0 spiro atoms. The molecule has 3 nitrogen and oxygen atoms in total. The molecule has 3 heteroatoms. The van der Waals surface area contributed by atoms with Crippen molar-refractivity contribution < 1.29 is 5.11 Å². The zero-order valence-electron chi connectivity index (χ0n) is 12.1. The van der Waals surface area contributed by atoms with E-state index in [1.807, 2.05) is 66.7 Å². The van der Waals surface area contributed by atoms with E-state index in [4.69, 9.17) is 11.5 Å². The molecular weight excluding hydrogens is 272 g/mol. The Balaban J connectivity index is 2.16. The number of nitrogen functional groups attached to an aromatic ring is 2. The summed E-state index contributed by atoms with van der Waals surface area (Å²) in [7, 11) is 0. The van der Waals surface area contributed by atoms with Gasteiger partial charge in [-0.05, 0) is 41.5 Å². The third kappa shape index (κ3) is 2.74. The Hall–Kier alpha value is -2.94. The highest BCUT2D eigenvalue weighted by Gasteiger charge is 2.19. The lowest BCUT2D eigenvalue weighted by Crippen LogP contribution is -2.04. The Morgan fingerprint density at radius 3 is 1.55 bits per heavy atom. The van der Waals surface area contributed by atoms with Crippen molar-refractivity contribution in [3.05, 3.63) is 89.5 Å². The minimum Gasteiger partial charge on any atom is -0.508 e. The fraction of sp³-hybridized carbons (Fsp3) is 0.0526. The Bertz CT molecular complexity index is 719. The fourth-order valence-corrected chi connectivity index (χ4v) is 2.66. The topological polar surface area (TPSA) is 72.3 Å². The van der Waals surface area contributed by atoms with Gasteiger partial charge < -0.3 is 16.6 Å². The summed E-state index contributed by atoms with van der Waals surface area (Å²) in [5.41, 5.74) is 16.0. The van der Waals surface area contributed by atoms with Crippen LogP contribution < -0.4 is 11.5 Å². The number of phenolic OH excluding ortho intramolecular Hbond substituents is 1. The maximum atomic E-state index is 10.3. The number of phenols is 1. The average molecular weight is 290 g/mol. The predicted molar refractivity (Wildman–Crippen MR) is 90.8 cm³/mol. The van der Waals surface area contributed by atoms with E-state index >= 15 is 0 Å². The first-order valence-electron chi connectivity index (χ1n) is 7.14. The van der Waals surface area contributed by atoms with Crippen LogP contribution in [0.1, 0.15) is 22.6 Å². The van der Waals surface area contributed by atoms with Crippen LogP contribution in [0.4, 0.5) is 11.4 Å². The lowest BCUT2D eigenvalue weighted by atomic mass is 9.84. The zero-order valence-corrected chi connectivity index (χ0v) is 12.1. The summed E-state index contributed by atoms with van der Waals surface area (Å²) < 4.78 is 0. The van der Waals surface area contributed by atoms with Crippen molar-refractivity contribution in [3.63, 3.8) is 0 Å². The number of aromatic hydroxyl groups is 1. The zero-order chi connectivity index (χ0) is 15.5. The van der Waals surface area contributed by atoms with Gasteiger partial charge in [-0.1, -0.05) is 42.5 Å². The quantitative estimate of drug-likeness (QED) is 0.508. The first kappa shape index (κ1) is 14.0. The molecule has 0 unspecified atom stereocenters. The highest BCUT2D eigenvalue weighted by Crippen LogP contribution is 2.37. The van der Waals surface area contributed by atoms with Crippen molar-refractivity contribution in [1.29, 1.82) is 0 Å². The molecule has 0 aliphatic heterocycles. The summed E-state index contributed by atoms with van der Waals surface area (Å²) in [6, 6.07) is 22.8. The molecule has 0 bridgehead atoms. The Morgan fingerprint density at radius 1 is 0.636 bits per heavy atom. The number of hydrogen-bond donors (Lipinski definition) is 3. The van der Waals surface area contributed by atoms with Crippen LogP contribution in [0.3, 0.4) is 0 Å². The molecule has 110 valence electrons. The Kier molecular flexibility index (Phi) is 3.71. The molecule has 0 fully saturated rings. The van der Waals surface area contributed by atoms with Gasteiger partial charge in [0.05, 0.1) is 0 Å². The third-order valence-corrected chi connectivity index (χ3v) is 3.79. The summed E-state index contributed by atoms with van der Waals surface area (Å²) in [5, 5.41) is 10.3. The third-order valence-electron chi connectivity index (χ3n) is 3.79. The predicted octanol–water partition coefficient (Wildman–Crippen LogP) is 3.74. The first-order valence-corrected chi connectivity index (χ1v) is 7.14. The van der Waals surface area contributed by atoms with Crippen LogP contribution in [0.25, 0.3) is 0 Å². The molecular formula is C19H18N2O. The second kappa shape index (κ2) is 5.82. The molecule has 0 atom stereocenters. The standard InChI is InChI=1S/C19H18N2O/c20-15-9-5-13(6-10-15)19(14-7-11-16(21)12-8-14)17-3-1-2-4-18(17)22/h1-12,19,22H,20-21H2. The lowest BCUT2D eigenvalue weighted by molar-refractivity contribution is 0.467. The average Bonchev–Trinajstić information content (AvgIpc) is 2.53. The molecule has 0 heterocycles. The van der Waals surface area contributed by atoms with E-state index in [1.165, 1.54) is 0 Å². The maximum Gasteiger partial charge on any atom is 0.119 e. The van der Waals surface area contributed by atoms with E-state index in [0.717, 1.165) is 28.1 Å². The summed E-state index contributed by atoms with van der Waals surface area (Å²) in [6.07, 6.45) is 0. The van der Waals surface area contributed by atoms with Crippen molar-refractivity contribution in [3.8, 4) is 5.75 Å². The number of benzene rings is 3. The van der Waals surface area contributed by atoms with Gasteiger partial charge in [-0.3, -0.25) is 0 Å². The van der Waals surface area contributed by atoms with Crippen LogP contribution >= 0.6 is 0 Å². The van der Waals surface area contributed by atoms with E-state index in [-0.39, 0.29) is 11.7 Å². The van der Waals surface area contributed by atoms with Gasteiger partial charge in [0.25, 0.3) is 0 Å². The summed E-state index contributed by atoms with van der Waals surface area (Å²) in [6.45, 7) is 0. The van der Waals surface area contributed by atoms with Crippen LogP contribution in [-0.2, 0) is 0 Å². The second-order valence-electron chi connectivity index (χ2n) is 5.33. The second-order valence-corrected chi connectivity index (χ2v) is 5.33. The first-order chi connectivity index (χ1) is 10.6. The van der Waals surface area contributed by atoms with Crippen LogP contribution in [-0.4, -0.2) is 5.11 Å². The van der Waals surface area contributed by atoms with Crippen molar-refractivity contribution in [2.75, 3.05) is 11.5 Å². The molecule has 0 amide bonds. The van der Waals surface area contributed by atoms with E-state index in [2.05, 4.69) is 0 Å². The molecule has 0 aromatic heterocycles. The van der Waals surface area contributed by atoms with Crippen LogP contribution in [0.2, 0.25) is 0 Å². The monoisotopic (exact) mass is 290 g/mol. The summed E-state index contributed by atoms with van der Waals surface area (Å²) in [4.78, 5) is 0. The van der Waals surface area contributed by atoms with Crippen molar-refractivity contribution in [2.45, 2.75) is 5.92 Å². The normalized spacial score (nSPS) is 10.8. The summed E-state index contributed by atoms with van der Waals surface area (Å²) >= 11 is 0. The summed E-state index contributed by atoms with van der Waals surface area (Å²) in [5.74, 6) is 0.212. The van der Waals surface area contributed by atoms with E-state index in [0.29, 0.717) is 0 Å². The van der Waals surface area contributed by atoms with Gasteiger partial charge in [-0.25, -0.2) is 0 Å². The van der Waals surface area contributed by atoms with Gasteiger partial charge in [-0.2, -0.15) is 0 Å². The molecule has 0 aliphatic carbocycles. The smallest absolute Gasteiger partial charge is 0.119 e. The molecule has 0 saturated carbocycles. The molecule has 5 N–H and O–H groups in total. The number of anilines is 2. The Morgan fingerprint density at radius 2 is 1.09 bits per heavy atom. The Labute approximate surface area is 129 Å². The highest BCUT2D eigenvalue weighted by atomic mass is 16.3. The highest BCUT2D eigenvalue weighted by molar-refractivity contribution is 5.52. The largest absolute Gasteiger partial charge is 0.508 e. The number of nitrogens with two attached hydrogens (primary N) is 2.